The molecule has 0 spiro atoms. The molecule has 0 saturated carbocycles. The second kappa shape index (κ2) is 10.8. The van der Waals surface area contributed by atoms with Gasteiger partial charge in [0.05, 0.1) is 19.9 Å². The number of hydrogen-bond acceptors (Lipinski definition) is 5. The van der Waals surface area contributed by atoms with E-state index in [2.05, 4.69) is 17.5 Å². The number of amides is 1. The van der Waals surface area contributed by atoms with Crippen molar-refractivity contribution in [2.45, 2.75) is 19.8 Å². The van der Waals surface area contributed by atoms with Crippen LogP contribution in [0, 0.1) is 0 Å². The Bertz CT molecular complexity index is 717. The number of hydrazone groups is 1. The van der Waals surface area contributed by atoms with Gasteiger partial charge >= 0.3 is 0 Å². The first-order chi connectivity index (χ1) is 12.7. The SMILES string of the molecule is CCCCOc1ccc(C=NNC(=O)COc2ccccc2)cc1OC. The van der Waals surface area contributed by atoms with E-state index in [0.29, 0.717) is 23.9 Å². The number of unbranched alkanes of at least 4 members (excludes halogenated alkanes) is 1. The standard InChI is InChI=1S/C20H24N2O4/c1-3-4-12-25-18-11-10-16(13-19(18)24-2)14-21-22-20(23)15-26-17-8-6-5-7-9-17/h5-11,13-14H,3-4,12,15H2,1-2H3,(H,22,23). The minimum Gasteiger partial charge on any atom is -0.493 e. The average molecular weight is 356 g/mol. The number of para-hydroxylation sites is 1. The van der Waals surface area contributed by atoms with Gasteiger partial charge in [-0.15, -0.1) is 0 Å². The molecule has 0 aliphatic carbocycles. The van der Waals surface area contributed by atoms with E-state index in [-0.39, 0.29) is 12.5 Å². The van der Waals surface area contributed by atoms with Gasteiger partial charge in [-0.3, -0.25) is 4.79 Å². The van der Waals surface area contributed by atoms with E-state index < -0.39 is 0 Å². The van der Waals surface area contributed by atoms with Crippen molar-refractivity contribution in [1.82, 2.24) is 5.43 Å². The fraction of sp³-hybridized carbons (Fsp3) is 0.300. The largest absolute Gasteiger partial charge is 0.493 e. The van der Waals surface area contributed by atoms with Crippen molar-refractivity contribution in [1.29, 1.82) is 0 Å². The summed E-state index contributed by atoms with van der Waals surface area (Å²) in [5, 5.41) is 3.93. The highest BCUT2D eigenvalue weighted by atomic mass is 16.5. The topological polar surface area (TPSA) is 69.2 Å². The maximum Gasteiger partial charge on any atom is 0.277 e. The Kier molecular flexibility index (Phi) is 7.99. The summed E-state index contributed by atoms with van der Waals surface area (Å²) in [4.78, 5) is 11.7. The van der Waals surface area contributed by atoms with Crippen LogP contribution in [0.25, 0.3) is 0 Å². The smallest absolute Gasteiger partial charge is 0.277 e. The van der Waals surface area contributed by atoms with Crippen molar-refractivity contribution < 1.29 is 19.0 Å². The minimum absolute atomic E-state index is 0.102. The number of carbonyl (C=O) groups is 1. The number of benzene rings is 2. The van der Waals surface area contributed by atoms with E-state index in [1.54, 1.807) is 31.5 Å². The van der Waals surface area contributed by atoms with E-state index in [1.165, 1.54) is 0 Å². The maximum atomic E-state index is 11.7. The Morgan fingerprint density at radius 1 is 1.12 bits per heavy atom. The number of ether oxygens (including phenoxy) is 3. The molecular weight excluding hydrogens is 332 g/mol. The highest BCUT2D eigenvalue weighted by Crippen LogP contribution is 2.27. The lowest BCUT2D eigenvalue weighted by atomic mass is 10.2. The van der Waals surface area contributed by atoms with Crippen LogP contribution < -0.4 is 19.6 Å². The Morgan fingerprint density at radius 2 is 1.92 bits per heavy atom. The van der Waals surface area contributed by atoms with Gasteiger partial charge in [0.2, 0.25) is 0 Å². The molecule has 6 heteroatoms. The average Bonchev–Trinajstić information content (AvgIpc) is 2.68. The number of hydrogen-bond donors (Lipinski definition) is 1. The van der Waals surface area contributed by atoms with Gasteiger partial charge in [0.15, 0.2) is 18.1 Å². The molecule has 6 nitrogen and oxygen atoms in total. The Morgan fingerprint density at radius 3 is 2.65 bits per heavy atom. The molecule has 0 heterocycles. The first-order valence-corrected chi connectivity index (χ1v) is 8.53. The molecule has 0 aliphatic heterocycles. The van der Waals surface area contributed by atoms with Crippen LogP contribution in [0.15, 0.2) is 53.6 Å². The van der Waals surface area contributed by atoms with Crippen LogP contribution in [0.5, 0.6) is 17.2 Å². The highest BCUT2D eigenvalue weighted by molar-refractivity contribution is 5.83. The summed E-state index contributed by atoms with van der Waals surface area (Å²) in [6.45, 7) is 2.66. The third-order valence-electron chi connectivity index (χ3n) is 3.46. The molecule has 138 valence electrons. The van der Waals surface area contributed by atoms with Crippen molar-refractivity contribution >= 4 is 12.1 Å². The monoisotopic (exact) mass is 356 g/mol. The maximum absolute atomic E-state index is 11.7. The molecule has 2 rings (SSSR count). The first kappa shape index (κ1) is 19.3. The molecule has 2 aromatic carbocycles. The zero-order valence-electron chi connectivity index (χ0n) is 15.1. The molecule has 0 bridgehead atoms. The van der Waals surface area contributed by atoms with Crippen LogP contribution in [0.3, 0.4) is 0 Å². The third-order valence-corrected chi connectivity index (χ3v) is 3.46. The Hall–Kier alpha value is -3.02. The number of nitrogens with one attached hydrogen (secondary N) is 1. The van der Waals surface area contributed by atoms with Gasteiger partial charge in [-0.25, -0.2) is 5.43 Å². The van der Waals surface area contributed by atoms with E-state index in [1.807, 2.05) is 30.3 Å². The van der Waals surface area contributed by atoms with E-state index in [0.717, 1.165) is 18.4 Å². The zero-order chi connectivity index (χ0) is 18.6. The number of carbonyl (C=O) groups excluding carboxylic acids is 1. The van der Waals surface area contributed by atoms with Crippen LogP contribution in [0.1, 0.15) is 25.3 Å². The highest BCUT2D eigenvalue weighted by Gasteiger charge is 2.05. The lowest BCUT2D eigenvalue weighted by Gasteiger charge is -2.10. The summed E-state index contributed by atoms with van der Waals surface area (Å²) < 4.78 is 16.4. The summed E-state index contributed by atoms with van der Waals surface area (Å²) >= 11 is 0. The molecule has 1 amide bonds. The van der Waals surface area contributed by atoms with Crippen molar-refractivity contribution in [3.05, 3.63) is 54.1 Å². The number of nitrogens with zero attached hydrogens (tertiary/aromatic N) is 1. The molecule has 1 N–H and O–H groups in total. The van der Waals surface area contributed by atoms with Gasteiger partial charge in [0.1, 0.15) is 5.75 Å². The van der Waals surface area contributed by atoms with Crippen LogP contribution >= 0.6 is 0 Å². The summed E-state index contributed by atoms with van der Waals surface area (Å²) in [5.74, 6) is 1.62. The summed E-state index contributed by atoms with van der Waals surface area (Å²) in [6.07, 6.45) is 3.60. The molecule has 0 radical (unpaired) electrons. The van der Waals surface area contributed by atoms with Crippen LogP contribution in [-0.2, 0) is 4.79 Å². The van der Waals surface area contributed by atoms with E-state index in [9.17, 15) is 4.79 Å². The zero-order valence-corrected chi connectivity index (χ0v) is 15.1. The van der Waals surface area contributed by atoms with Gasteiger partial charge < -0.3 is 14.2 Å². The minimum atomic E-state index is -0.336. The van der Waals surface area contributed by atoms with Gasteiger partial charge in [-0.05, 0) is 42.3 Å². The van der Waals surface area contributed by atoms with Crippen molar-refractivity contribution in [3.8, 4) is 17.2 Å². The van der Waals surface area contributed by atoms with E-state index in [4.69, 9.17) is 14.2 Å². The fourth-order valence-corrected chi connectivity index (χ4v) is 2.09. The van der Waals surface area contributed by atoms with Crippen molar-refractivity contribution in [2.75, 3.05) is 20.3 Å². The van der Waals surface area contributed by atoms with Gasteiger partial charge in [0, 0.05) is 0 Å². The second-order valence-corrected chi connectivity index (χ2v) is 5.51. The lowest BCUT2D eigenvalue weighted by molar-refractivity contribution is -0.123. The lowest BCUT2D eigenvalue weighted by Crippen LogP contribution is -2.24. The molecule has 0 fully saturated rings. The van der Waals surface area contributed by atoms with Gasteiger partial charge in [-0.2, -0.15) is 5.10 Å². The fourth-order valence-electron chi connectivity index (χ4n) is 2.09. The van der Waals surface area contributed by atoms with E-state index >= 15 is 0 Å². The molecule has 0 saturated heterocycles. The van der Waals surface area contributed by atoms with Gasteiger partial charge in [-0.1, -0.05) is 31.5 Å². The molecule has 2 aromatic rings. The normalized spacial score (nSPS) is 10.5. The van der Waals surface area contributed by atoms with Crippen molar-refractivity contribution in [2.24, 2.45) is 5.10 Å². The Balaban J connectivity index is 1.84. The third kappa shape index (κ3) is 6.47. The molecule has 26 heavy (non-hydrogen) atoms. The predicted octanol–water partition coefficient (Wildman–Crippen LogP) is 3.40. The number of methoxy groups -OCH3 is 1. The summed E-state index contributed by atoms with van der Waals surface area (Å²) in [5.41, 5.74) is 3.21. The molecule has 0 atom stereocenters. The van der Waals surface area contributed by atoms with Crippen LogP contribution in [0.4, 0.5) is 0 Å². The Labute approximate surface area is 153 Å². The van der Waals surface area contributed by atoms with Crippen molar-refractivity contribution in [3.63, 3.8) is 0 Å². The molecule has 0 unspecified atom stereocenters. The summed E-state index contributed by atoms with van der Waals surface area (Å²) in [7, 11) is 1.59. The molecular formula is C20H24N2O4. The van der Waals surface area contributed by atoms with Crippen LogP contribution in [-0.4, -0.2) is 32.4 Å². The summed E-state index contributed by atoms with van der Waals surface area (Å²) in [6, 6.07) is 14.6. The van der Waals surface area contributed by atoms with Gasteiger partial charge in [0.25, 0.3) is 5.91 Å². The number of rotatable bonds is 10. The second-order valence-electron chi connectivity index (χ2n) is 5.51. The molecule has 0 aliphatic rings. The predicted molar refractivity (Wildman–Crippen MR) is 101 cm³/mol. The first-order valence-electron chi connectivity index (χ1n) is 8.53. The van der Waals surface area contributed by atoms with Crippen LogP contribution in [0.2, 0.25) is 0 Å². The quantitative estimate of drug-likeness (QED) is 0.402. The molecule has 0 aromatic heterocycles.